The van der Waals surface area contributed by atoms with Crippen LogP contribution in [0.25, 0.3) is 32.9 Å². The molecule has 5 rings (SSSR count). The average Bonchev–Trinajstić information content (AvgIpc) is 3.09. The van der Waals surface area contributed by atoms with Gasteiger partial charge in [-0.25, -0.2) is 0 Å². The number of rotatable bonds is 3. The highest BCUT2D eigenvalue weighted by Gasteiger charge is 2.13. The molecule has 27 heavy (non-hydrogen) atoms. The Kier molecular flexibility index (Phi) is 3.79. The summed E-state index contributed by atoms with van der Waals surface area (Å²) in [6.45, 7) is 2.25. The molecule has 1 aromatic heterocycles. The summed E-state index contributed by atoms with van der Waals surface area (Å²) in [7, 11) is 0. The van der Waals surface area contributed by atoms with E-state index in [1.165, 1.54) is 49.6 Å². The van der Waals surface area contributed by atoms with Gasteiger partial charge in [0.05, 0.1) is 0 Å². The smallest absolute Gasteiger partial charge is 0.0467 e. The third-order valence-electron chi connectivity index (χ3n) is 5.48. The highest BCUT2D eigenvalue weighted by Crippen LogP contribution is 2.36. The molecule has 0 radical (unpaired) electrons. The van der Waals surface area contributed by atoms with Crippen molar-refractivity contribution in [2.24, 2.45) is 0 Å². The van der Waals surface area contributed by atoms with Gasteiger partial charge in [0.1, 0.15) is 0 Å². The number of aryl methyl sites for hydroxylation is 1. The standard InChI is InChI=1S/C26H21N/c1-18-21(15-16-25-26(18)23-13-7-8-14-24(23)27-25)22-12-6-5-11-20(22)17-19-9-3-2-4-10-19/h2-16,27H,17H2,1H3. The molecule has 0 unspecified atom stereocenters. The maximum atomic E-state index is 3.55. The molecule has 1 nitrogen and oxygen atoms in total. The van der Waals surface area contributed by atoms with Gasteiger partial charge in [-0.15, -0.1) is 0 Å². The first kappa shape index (κ1) is 15.9. The lowest BCUT2D eigenvalue weighted by atomic mass is 9.91. The van der Waals surface area contributed by atoms with Crippen molar-refractivity contribution >= 4 is 21.8 Å². The summed E-state index contributed by atoms with van der Waals surface area (Å²) in [6.07, 6.45) is 0.947. The van der Waals surface area contributed by atoms with Gasteiger partial charge in [-0.1, -0.05) is 78.9 Å². The third kappa shape index (κ3) is 2.72. The minimum atomic E-state index is 0.947. The fraction of sp³-hybridized carbons (Fsp3) is 0.0769. The minimum absolute atomic E-state index is 0.947. The molecule has 0 spiro atoms. The Labute approximate surface area is 159 Å². The second-order valence-corrected chi connectivity index (χ2v) is 7.15. The summed E-state index contributed by atoms with van der Waals surface area (Å²) in [5.74, 6) is 0. The molecule has 4 aromatic carbocycles. The van der Waals surface area contributed by atoms with Crippen LogP contribution in [-0.4, -0.2) is 4.98 Å². The van der Waals surface area contributed by atoms with Crippen molar-refractivity contribution in [3.05, 3.63) is 108 Å². The second-order valence-electron chi connectivity index (χ2n) is 7.15. The molecule has 130 valence electrons. The van der Waals surface area contributed by atoms with E-state index in [4.69, 9.17) is 0 Å². The molecule has 0 saturated carbocycles. The quantitative estimate of drug-likeness (QED) is 0.366. The van der Waals surface area contributed by atoms with Gasteiger partial charge in [0.25, 0.3) is 0 Å². The monoisotopic (exact) mass is 347 g/mol. The first-order chi connectivity index (χ1) is 13.3. The van der Waals surface area contributed by atoms with Crippen LogP contribution in [0.5, 0.6) is 0 Å². The maximum absolute atomic E-state index is 3.55. The molecule has 1 heterocycles. The van der Waals surface area contributed by atoms with Gasteiger partial charge >= 0.3 is 0 Å². The lowest BCUT2D eigenvalue weighted by Crippen LogP contribution is -1.94. The minimum Gasteiger partial charge on any atom is -0.355 e. The molecule has 5 aromatic rings. The van der Waals surface area contributed by atoms with E-state index >= 15 is 0 Å². The van der Waals surface area contributed by atoms with E-state index in [2.05, 4.69) is 103 Å². The van der Waals surface area contributed by atoms with Crippen LogP contribution in [0, 0.1) is 6.92 Å². The van der Waals surface area contributed by atoms with Gasteiger partial charge in [0.15, 0.2) is 0 Å². The van der Waals surface area contributed by atoms with E-state index in [0.717, 1.165) is 6.42 Å². The number of H-pyrrole nitrogens is 1. The Bertz CT molecular complexity index is 1250. The number of nitrogens with one attached hydrogen (secondary N) is 1. The molecule has 1 heteroatoms. The highest BCUT2D eigenvalue weighted by molar-refractivity contribution is 6.10. The summed E-state index contributed by atoms with van der Waals surface area (Å²) >= 11 is 0. The lowest BCUT2D eigenvalue weighted by Gasteiger charge is -2.13. The molecule has 0 bridgehead atoms. The van der Waals surface area contributed by atoms with Crippen LogP contribution < -0.4 is 0 Å². The van der Waals surface area contributed by atoms with E-state index in [9.17, 15) is 0 Å². The number of hydrogen-bond donors (Lipinski definition) is 1. The van der Waals surface area contributed by atoms with Crippen molar-refractivity contribution in [2.45, 2.75) is 13.3 Å². The zero-order chi connectivity index (χ0) is 18.2. The van der Waals surface area contributed by atoms with Gasteiger partial charge in [-0.05, 0) is 53.3 Å². The van der Waals surface area contributed by atoms with Gasteiger partial charge in [0, 0.05) is 21.8 Å². The van der Waals surface area contributed by atoms with Gasteiger partial charge in [0.2, 0.25) is 0 Å². The van der Waals surface area contributed by atoms with Gasteiger partial charge in [-0.2, -0.15) is 0 Å². The summed E-state index contributed by atoms with van der Waals surface area (Å²) in [5.41, 5.74) is 9.10. The summed E-state index contributed by atoms with van der Waals surface area (Å²) in [6, 6.07) is 32.5. The largest absolute Gasteiger partial charge is 0.355 e. The van der Waals surface area contributed by atoms with Gasteiger partial charge < -0.3 is 4.98 Å². The zero-order valence-corrected chi connectivity index (χ0v) is 15.4. The fourth-order valence-corrected chi connectivity index (χ4v) is 4.16. The van der Waals surface area contributed by atoms with Crippen molar-refractivity contribution in [3.8, 4) is 11.1 Å². The molecule has 1 N–H and O–H groups in total. The predicted octanol–water partition coefficient (Wildman–Crippen LogP) is 6.89. The molecule has 0 aliphatic rings. The van der Waals surface area contributed by atoms with Crippen LogP contribution in [-0.2, 0) is 6.42 Å². The first-order valence-corrected chi connectivity index (χ1v) is 9.43. The molecule has 0 fully saturated rings. The first-order valence-electron chi connectivity index (χ1n) is 9.43. The Hall–Kier alpha value is -3.32. The van der Waals surface area contributed by atoms with Crippen LogP contribution in [0.3, 0.4) is 0 Å². The molecule has 0 saturated heterocycles. The summed E-state index contributed by atoms with van der Waals surface area (Å²) in [5, 5.41) is 2.63. The Morgan fingerprint density at radius 3 is 2.26 bits per heavy atom. The summed E-state index contributed by atoms with van der Waals surface area (Å²) in [4.78, 5) is 3.55. The highest BCUT2D eigenvalue weighted by atomic mass is 14.7. The number of aromatic nitrogens is 1. The SMILES string of the molecule is Cc1c(-c2ccccc2Cc2ccccc2)ccc2[nH]c3ccccc3c12. The normalized spacial score (nSPS) is 11.3. The number of para-hydroxylation sites is 1. The number of hydrogen-bond acceptors (Lipinski definition) is 0. The van der Waals surface area contributed by atoms with Crippen LogP contribution in [0.2, 0.25) is 0 Å². The molecule has 0 aliphatic carbocycles. The topological polar surface area (TPSA) is 15.8 Å². The van der Waals surface area contributed by atoms with Crippen molar-refractivity contribution in [3.63, 3.8) is 0 Å². The second kappa shape index (κ2) is 6.44. The van der Waals surface area contributed by atoms with E-state index in [1.54, 1.807) is 0 Å². The third-order valence-corrected chi connectivity index (χ3v) is 5.48. The van der Waals surface area contributed by atoms with E-state index in [0.29, 0.717) is 0 Å². The molecule has 0 aliphatic heterocycles. The number of fused-ring (bicyclic) bond motifs is 3. The molecular formula is C26H21N. The number of benzene rings is 4. The Morgan fingerprint density at radius 2 is 1.37 bits per heavy atom. The lowest BCUT2D eigenvalue weighted by molar-refractivity contribution is 1.19. The van der Waals surface area contributed by atoms with Crippen LogP contribution in [0.4, 0.5) is 0 Å². The number of aromatic amines is 1. The Balaban J connectivity index is 1.70. The molecule has 0 atom stereocenters. The zero-order valence-electron chi connectivity index (χ0n) is 15.4. The van der Waals surface area contributed by atoms with Crippen molar-refractivity contribution in [1.29, 1.82) is 0 Å². The fourth-order valence-electron chi connectivity index (χ4n) is 4.16. The van der Waals surface area contributed by atoms with Crippen LogP contribution >= 0.6 is 0 Å². The molecule has 0 amide bonds. The predicted molar refractivity (Wildman–Crippen MR) is 115 cm³/mol. The maximum Gasteiger partial charge on any atom is 0.0467 e. The molecular weight excluding hydrogens is 326 g/mol. The van der Waals surface area contributed by atoms with Crippen molar-refractivity contribution in [2.75, 3.05) is 0 Å². The van der Waals surface area contributed by atoms with Crippen molar-refractivity contribution in [1.82, 2.24) is 4.98 Å². The van der Waals surface area contributed by atoms with Crippen molar-refractivity contribution < 1.29 is 0 Å². The summed E-state index contributed by atoms with van der Waals surface area (Å²) < 4.78 is 0. The van der Waals surface area contributed by atoms with E-state index < -0.39 is 0 Å². The van der Waals surface area contributed by atoms with E-state index in [-0.39, 0.29) is 0 Å². The van der Waals surface area contributed by atoms with Crippen LogP contribution in [0.15, 0.2) is 91.0 Å². The van der Waals surface area contributed by atoms with Crippen LogP contribution in [0.1, 0.15) is 16.7 Å². The van der Waals surface area contributed by atoms with Gasteiger partial charge in [-0.3, -0.25) is 0 Å². The average molecular weight is 347 g/mol. The Morgan fingerprint density at radius 1 is 0.630 bits per heavy atom. The van der Waals surface area contributed by atoms with E-state index in [1.807, 2.05) is 0 Å².